The van der Waals surface area contributed by atoms with Crippen molar-refractivity contribution >= 4 is 56.8 Å². The minimum absolute atomic E-state index is 0. The van der Waals surface area contributed by atoms with E-state index in [1.54, 1.807) is 0 Å². The topological polar surface area (TPSA) is 57.5 Å². The first-order valence-electron chi connectivity index (χ1n) is 0.532. The summed E-state index contributed by atoms with van der Waals surface area (Å²) in [7, 11) is 0. The number of hydrogen-bond donors (Lipinski definition) is 2. The van der Waals surface area contributed by atoms with Gasteiger partial charge in [0, 0.05) is 49.4 Å². The largest absolute Gasteiger partial charge is 2.00 e. The molecule has 0 aromatic carbocycles. The molecule has 0 aromatic heterocycles. The van der Waals surface area contributed by atoms with Crippen LogP contribution < -0.4 is 0 Å². The first-order valence-corrected chi connectivity index (χ1v) is 1.60. The third-order valence-corrected chi connectivity index (χ3v) is 0. The predicted molar refractivity (Wildman–Crippen MR) is 21.4 cm³/mol. The Morgan fingerprint density at radius 2 is 1.50 bits per heavy atom. The average Bonchev–Trinajstić information content (AvgIpc) is 0.811. The molecule has 3 nitrogen and oxygen atoms in total. The van der Waals surface area contributed by atoms with E-state index in [1.165, 1.54) is 0 Å². The SMILES string of the molecule is O=S(O)O.[Eu].[H-].[H-].[Sr+2]. The molecule has 37 valence electrons. The van der Waals surface area contributed by atoms with Crippen molar-refractivity contribution in [1.82, 2.24) is 0 Å². The quantitative estimate of drug-likeness (QED) is 0.468. The zero-order chi connectivity index (χ0) is 3.58. The summed E-state index contributed by atoms with van der Waals surface area (Å²) in [6.07, 6.45) is 0. The molecule has 0 atom stereocenters. The standard InChI is InChI=1S/Eu.H2O3S.Sr.2H/c;1-4(2)3;;;/h;(H2,1,2,3);;;/q;;+2;2*-1. The monoisotopic (exact) mass is 325 g/mol. The van der Waals surface area contributed by atoms with E-state index in [1.807, 2.05) is 0 Å². The fourth-order valence-corrected chi connectivity index (χ4v) is 0. The van der Waals surface area contributed by atoms with Crippen LogP contribution in [-0.4, -0.2) is 58.8 Å². The molecule has 0 saturated heterocycles. The zero-order valence-corrected chi connectivity index (χ0v) is 9.51. The number of hydrogen-bond acceptors (Lipinski definition) is 1. The molecule has 0 fully saturated rings. The maximum atomic E-state index is 8.67. The van der Waals surface area contributed by atoms with Crippen LogP contribution in [0.15, 0.2) is 0 Å². The van der Waals surface area contributed by atoms with Gasteiger partial charge in [0.05, 0.1) is 0 Å². The molecule has 0 amide bonds. The van der Waals surface area contributed by atoms with E-state index in [0.717, 1.165) is 0 Å². The molecule has 1 radical (unpaired) electrons. The van der Waals surface area contributed by atoms with Crippen LogP contribution in [0.5, 0.6) is 0 Å². The molecule has 6 heavy (non-hydrogen) atoms. The van der Waals surface area contributed by atoms with Crippen LogP contribution in [0, 0.1) is 49.4 Å². The van der Waals surface area contributed by atoms with E-state index in [4.69, 9.17) is 13.3 Å². The summed E-state index contributed by atoms with van der Waals surface area (Å²) < 4.78 is 22.8. The van der Waals surface area contributed by atoms with Gasteiger partial charge in [0.25, 0.3) is 11.4 Å². The maximum absolute atomic E-state index is 8.67. The molecule has 0 bridgehead atoms. The Bertz CT molecular complexity index is 40.3. The van der Waals surface area contributed by atoms with Crippen LogP contribution in [-0.2, 0) is 11.4 Å². The molecule has 0 rings (SSSR count). The predicted octanol–water partition coefficient (Wildman–Crippen LogP) is -0.475. The zero-order valence-electron chi connectivity index (χ0n) is 4.80. The van der Waals surface area contributed by atoms with Crippen LogP contribution in [0.2, 0.25) is 0 Å². The van der Waals surface area contributed by atoms with E-state index in [2.05, 4.69) is 0 Å². The van der Waals surface area contributed by atoms with Crippen molar-refractivity contribution in [2.75, 3.05) is 0 Å². The van der Waals surface area contributed by atoms with E-state index in [0.29, 0.717) is 0 Å². The van der Waals surface area contributed by atoms with Crippen molar-refractivity contribution in [3.8, 4) is 0 Å². The minimum atomic E-state index is -2.61. The summed E-state index contributed by atoms with van der Waals surface area (Å²) in [6.45, 7) is 0. The first-order chi connectivity index (χ1) is 1.73. The maximum Gasteiger partial charge on any atom is 2.00 e. The Morgan fingerprint density at radius 3 is 1.50 bits per heavy atom. The van der Waals surface area contributed by atoms with Gasteiger partial charge in [-0.2, -0.15) is 4.21 Å². The molecule has 0 spiro atoms. The van der Waals surface area contributed by atoms with E-state index in [-0.39, 0.29) is 97.7 Å². The Morgan fingerprint density at radius 1 is 1.50 bits per heavy atom. The second kappa shape index (κ2) is 11.0. The fourth-order valence-electron chi connectivity index (χ4n) is 0. The average molecular weight is 324 g/mol. The van der Waals surface area contributed by atoms with E-state index < -0.39 is 11.4 Å². The summed E-state index contributed by atoms with van der Waals surface area (Å²) in [5.41, 5.74) is 0. The van der Waals surface area contributed by atoms with Crippen LogP contribution in [0.3, 0.4) is 0 Å². The molecule has 2 N–H and O–H groups in total. The van der Waals surface area contributed by atoms with Gasteiger partial charge in [-0.05, 0) is 0 Å². The molecule has 0 unspecified atom stereocenters. The van der Waals surface area contributed by atoms with Gasteiger partial charge < -0.3 is 2.85 Å². The molecule has 6 heteroatoms. The Kier molecular flexibility index (Phi) is 29.5. The van der Waals surface area contributed by atoms with Gasteiger partial charge in [-0.15, -0.1) is 0 Å². The van der Waals surface area contributed by atoms with Gasteiger partial charge in [-0.1, -0.05) is 0 Å². The molecular weight excluding hydrogens is 320 g/mol. The molecule has 0 saturated carbocycles. The third kappa shape index (κ3) is 27.3. The van der Waals surface area contributed by atoms with Gasteiger partial charge in [-0.25, -0.2) is 0 Å². The smallest absolute Gasteiger partial charge is 1.00 e. The Balaban J connectivity index is -0.00000000750. The summed E-state index contributed by atoms with van der Waals surface area (Å²) in [4.78, 5) is 0. The van der Waals surface area contributed by atoms with Crippen molar-refractivity contribution in [3.05, 3.63) is 0 Å². The molecule has 0 aromatic rings. The van der Waals surface area contributed by atoms with Crippen molar-refractivity contribution < 1.29 is 65.5 Å². The summed E-state index contributed by atoms with van der Waals surface area (Å²) in [5.74, 6) is 0. The third-order valence-electron chi connectivity index (χ3n) is 0. The van der Waals surface area contributed by atoms with Crippen LogP contribution >= 0.6 is 0 Å². The normalized spacial score (nSPS) is 5.83. The van der Waals surface area contributed by atoms with Gasteiger partial charge in [0.2, 0.25) is 0 Å². The fraction of sp³-hybridized carbons (Fsp3) is 0. The second-order valence-electron chi connectivity index (χ2n) is 0.231. The van der Waals surface area contributed by atoms with Gasteiger partial charge in [-0.3, -0.25) is 9.11 Å². The van der Waals surface area contributed by atoms with Crippen LogP contribution in [0.4, 0.5) is 0 Å². The molecular formula is H4EuO3SSr. The van der Waals surface area contributed by atoms with E-state index >= 15 is 0 Å². The van der Waals surface area contributed by atoms with Gasteiger partial charge in [0.1, 0.15) is 0 Å². The number of rotatable bonds is 0. The second-order valence-corrected chi connectivity index (χ2v) is 0.692. The first kappa shape index (κ1) is 16.1. The molecule has 0 aliphatic rings. The Hall–Kier alpha value is 3.13. The van der Waals surface area contributed by atoms with Crippen molar-refractivity contribution in [3.63, 3.8) is 0 Å². The molecule has 0 aliphatic heterocycles. The van der Waals surface area contributed by atoms with Crippen molar-refractivity contribution in [2.45, 2.75) is 0 Å². The van der Waals surface area contributed by atoms with Crippen molar-refractivity contribution in [2.24, 2.45) is 0 Å². The van der Waals surface area contributed by atoms with Crippen molar-refractivity contribution in [1.29, 1.82) is 0 Å². The van der Waals surface area contributed by atoms with Crippen LogP contribution in [0.1, 0.15) is 2.85 Å². The molecule has 0 aliphatic carbocycles. The van der Waals surface area contributed by atoms with Gasteiger partial charge >= 0.3 is 45.5 Å². The summed E-state index contributed by atoms with van der Waals surface area (Å²) in [6, 6.07) is 0. The Labute approximate surface area is 119 Å². The van der Waals surface area contributed by atoms with Gasteiger partial charge in [0.15, 0.2) is 0 Å². The summed E-state index contributed by atoms with van der Waals surface area (Å²) >= 11 is -2.61. The molecule has 0 heterocycles. The van der Waals surface area contributed by atoms with Crippen LogP contribution in [0.25, 0.3) is 0 Å². The minimum Gasteiger partial charge on any atom is -1.00 e. The van der Waals surface area contributed by atoms with E-state index in [9.17, 15) is 0 Å². The summed E-state index contributed by atoms with van der Waals surface area (Å²) in [5, 5.41) is 0.